The van der Waals surface area contributed by atoms with Crippen LogP contribution in [-0.4, -0.2) is 24.4 Å². The van der Waals surface area contributed by atoms with E-state index in [9.17, 15) is 18.3 Å². The van der Waals surface area contributed by atoms with E-state index in [0.29, 0.717) is 23.4 Å². The Hall–Kier alpha value is -1.43. The summed E-state index contributed by atoms with van der Waals surface area (Å²) in [5.74, 6) is -0.654. The number of methoxy groups -OCH3 is 1. The Morgan fingerprint density at radius 1 is 1.33 bits per heavy atom. The second kappa shape index (κ2) is 6.56. The third-order valence-corrected chi connectivity index (χ3v) is 3.96. The van der Waals surface area contributed by atoms with E-state index in [2.05, 4.69) is 5.32 Å². The molecule has 2 rings (SSSR count). The van der Waals surface area contributed by atoms with E-state index in [1.165, 1.54) is 7.11 Å². The maximum absolute atomic E-state index is 12.8. The number of nitrogens with one attached hydrogen (secondary N) is 1. The lowest BCUT2D eigenvalue weighted by atomic mass is 9.85. The van der Waals surface area contributed by atoms with Crippen LogP contribution >= 0.6 is 0 Å². The average Bonchev–Trinajstić information content (AvgIpc) is 2.46. The molecular weight excluding hydrogens is 283 g/mol. The number of rotatable bonds is 4. The van der Waals surface area contributed by atoms with E-state index in [4.69, 9.17) is 4.74 Å². The van der Waals surface area contributed by atoms with Gasteiger partial charge in [-0.1, -0.05) is 6.42 Å². The number of hydrogen-bond acceptors (Lipinski definition) is 3. The van der Waals surface area contributed by atoms with Crippen LogP contribution in [0.25, 0.3) is 0 Å². The van der Waals surface area contributed by atoms with Crippen LogP contribution in [0.5, 0.6) is 5.75 Å². The van der Waals surface area contributed by atoms with Gasteiger partial charge in [0.15, 0.2) is 0 Å². The van der Waals surface area contributed by atoms with Gasteiger partial charge in [-0.25, -0.2) is 0 Å². The summed E-state index contributed by atoms with van der Waals surface area (Å²) < 4.78 is 43.5. The fourth-order valence-corrected chi connectivity index (χ4v) is 2.85. The topological polar surface area (TPSA) is 41.5 Å². The van der Waals surface area contributed by atoms with E-state index < -0.39 is 12.1 Å². The van der Waals surface area contributed by atoms with Crippen LogP contribution in [0.1, 0.15) is 31.2 Å². The molecule has 6 heteroatoms. The van der Waals surface area contributed by atoms with Gasteiger partial charge in [-0.05, 0) is 37.5 Å². The predicted molar refractivity (Wildman–Crippen MR) is 74.3 cm³/mol. The molecule has 0 bridgehead atoms. The quantitative estimate of drug-likeness (QED) is 0.890. The molecule has 1 aromatic rings. The van der Waals surface area contributed by atoms with Crippen LogP contribution in [0.4, 0.5) is 18.9 Å². The second-order valence-electron chi connectivity index (χ2n) is 5.43. The lowest BCUT2D eigenvalue weighted by Gasteiger charge is -2.31. The monoisotopic (exact) mass is 303 g/mol. The Balaban J connectivity index is 2.04. The highest BCUT2D eigenvalue weighted by molar-refractivity contribution is 5.51. The van der Waals surface area contributed by atoms with Crippen LogP contribution in [-0.2, 0) is 6.61 Å². The molecule has 0 aromatic heterocycles. The van der Waals surface area contributed by atoms with Crippen molar-refractivity contribution >= 4 is 5.69 Å². The van der Waals surface area contributed by atoms with Gasteiger partial charge in [0, 0.05) is 17.3 Å². The van der Waals surface area contributed by atoms with Gasteiger partial charge in [-0.3, -0.25) is 0 Å². The van der Waals surface area contributed by atoms with E-state index >= 15 is 0 Å². The molecule has 3 nitrogen and oxygen atoms in total. The Kier molecular flexibility index (Phi) is 4.98. The molecule has 1 aliphatic rings. The van der Waals surface area contributed by atoms with Gasteiger partial charge in [-0.15, -0.1) is 0 Å². The minimum absolute atomic E-state index is 0.101. The number of ether oxygens (including phenoxy) is 1. The molecule has 0 saturated heterocycles. The van der Waals surface area contributed by atoms with Crippen LogP contribution in [0.15, 0.2) is 18.2 Å². The van der Waals surface area contributed by atoms with E-state index in [1.807, 2.05) is 0 Å². The highest BCUT2D eigenvalue weighted by Crippen LogP contribution is 2.38. The fraction of sp³-hybridized carbons (Fsp3) is 0.600. The summed E-state index contributed by atoms with van der Waals surface area (Å²) in [5.41, 5.74) is 1.33. The van der Waals surface area contributed by atoms with Gasteiger partial charge >= 0.3 is 6.18 Å². The van der Waals surface area contributed by atoms with Crippen molar-refractivity contribution in [2.75, 3.05) is 12.4 Å². The summed E-state index contributed by atoms with van der Waals surface area (Å²) in [7, 11) is 1.51. The van der Waals surface area contributed by atoms with Crippen molar-refractivity contribution in [3.05, 3.63) is 23.8 Å². The van der Waals surface area contributed by atoms with Crippen molar-refractivity contribution in [3.63, 3.8) is 0 Å². The molecule has 0 amide bonds. The third-order valence-electron chi connectivity index (χ3n) is 3.96. The molecule has 21 heavy (non-hydrogen) atoms. The molecule has 0 aliphatic heterocycles. The first-order valence-electron chi connectivity index (χ1n) is 7.05. The van der Waals surface area contributed by atoms with E-state index in [0.717, 1.165) is 6.42 Å². The van der Waals surface area contributed by atoms with Gasteiger partial charge in [0.1, 0.15) is 5.75 Å². The first-order valence-corrected chi connectivity index (χ1v) is 7.05. The molecular formula is C15H20F3NO2. The van der Waals surface area contributed by atoms with Gasteiger partial charge in [-0.2, -0.15) is 13.2 Å². The Morgan fingerprint density at radius 3 is 2.71 bits per heavy atom. The van der Waals surface area contributed by atoms with Crippen molar-refractivity contribution in [2.45, 2.75) is 44.5 Å². The largest absolute Gasteiger partial charge is 0.496 e. The van der Waals surface area contributed by atoms with Crippen molar-refractivity contribution in [2.24, 2.45) is 5.92 Å². The second-order valence-corrected chi connectivity index (χ2v) is 5.43. The van der Waals surface area contributed by atoms with E-state index in [1.54, 1.807) is 18.2 Å². The van der Waals surface area contributed by atoms with Crippen molar-refractivity contribution in [1.29, 1.82) is 0 Å². The number of aliphatic hydroxyl groups excluding tert-OH is 1. The highest BCUT2D eigenvalue weighted by Gasteiger charge is 2.42. The molecule has 118 valence electrons. The smallest absolute Gasteiger partial charge is 0.391 e. The molecule has 1 aliphatic carbocycles. The lowest BCUT2D eigenvalue weighted by molar-refractivity contribution is -0.182. The Bertz CT molecular complexity index is 476. The summed E-state index contributed by atoms with van der Waals surface area (Å²) in [5, 5.41) is 12.4. The summed E-state index contributed by atoms with van der Waals surface area (Å²) in [6.45, 7) is -0.172. The number of hydrogen-bond donors (Lipinski definition) is 2. The molecule has 2 N–H and O–H groups in total. The summed E-state index contributed by atoms with van der Waals surface area (Å²) in [6, 6.07) is 4.99. The normalized spacial score (nSPS) is 22.9. The molecule has 2 atom stereocenters. The third kappa shape index (κ3) is 4.03. The van der Waals surface area contributed by atoms with Crippen molar-refractivity contribution in [1.82, 2.24) is 0 Å². The number of aliphatic hydroxyl groups is 1. The van der Waals surface area contributed by atoms with E-state index in [-0.39, 0.29) is 25.5 Å². The average molecular weight is 303 g/mol. The molecule has 1 fully saturated rings. The molecule has 0 spiro atoms. The maximum atomic E-state index is 12.8. The first kappa shape index (κ1) is 15.9. The van der Waals surface area contributed by atoms with Gasteiger partial charge < -0.3 is 15.2 Å². The molecule has 2 unspecified atom stereocenters. The van der Waals surface area contributed by atoms with Crippen molar-refractivity contribution < 1.29 is 23.0 Å². The standard InChI is InChI=1S/C15H20F3NO2/c1-21-14-6-5-13(7-10(14)9-20)19-12-4-2-3-11(8-12)15(16,17)18/h5-7,11-12,19-20H,2-4,8-9H2,1H3. The zero-order chi connectivity index (χ0) is 15.5. The fourth-order valence-electron chi connectivity index (χ4n) is 2.85. The predicted octanol–water partition coefficient (Wildman–Crippen LogP) is 3.72. The van der Waals surface area contributed by atoms with Crippen molar-refractivity contribution in [3.8, 4) is 5.75 Å². The number of anilines is 1. The van der Waals surface area contributed by atoms with Crippen LogP contribution in [0.3, 0.4) is 0 Å². The number of benzene rings is 1. The van der Waals surface area contributed by atoms with Crippen LogP contribution < -0.4 is 10.1 Å². The minimum Gasteiger partial charge on any atom is -0.496 e. The number of halogens is 3. The summed E-state index contributed by atoms with van der Waals surface area (Å²) in [4.78, 5) is 0. The first-order chi connectivity index (χ1) is 9.94. The molecule has 1 saturated carbocycles. The van der Waals surface area contributed by atoms with Gasteiger partial charge in [0.05, 0.1) is 19.6 Å². The zero-order valence-corrected chi connectivity index (χ0v) is 11.9. The van der Waals surface area contributed by atoms with Gasteiger partial charge in [0.2, 0.25) is 0 Å². The highest BCUT2D eigenvalue weighted by atomic mass is 19.4. The Labute approximate surface area is 122 Å². The van der Waals surface area contributed by atoms with Crippen LogP contribution in [0, 0.1) is 5.92 Å². The number of alkyl halides is 3. The lowest BCUT2D eigenvalue weighted by Crippen LogP contribution is -2.34. The zero-order valence-electron chi connectivity index (χ0n) is 11.9. The Morgan fingerprint density at radius 2 is 2.10 bits per heavy atom. The molecule has 0 heterocycles. The SMILES string of the molecule is COc1ccc(NC2CCCC(C(F)(F)F)C2)cc1CO. The summed E-state index contributed by atoms with van der Waals surface area (Å²) in [6.07, 6.45) is -2.50. The summed E-state index contributed by atoms with van der Waals surface area (Å²) >= 11 is 0. The molecule has 0 radical (unpaired) electrons. The minimum atomic E-state index is -4.11. The van der Waals surface area contributed by atoms with Gasteiger partial charge in [0.25, 0.3) is 0 Å². The molecule has 1 aromatic carbocycles. The maximum Gasteiger partial charge on any atom is 0.391 e. The van der Waals surface area contributed by atoms with Crippen LogP contribution in [0.2, 0.25) is 0 Å².